The van der Waals surface area contributed by atoms with Gasteiger partial charge in [0.1, 0.15) is 0 Å². The highest BCUT2D eigenvalue weighted by atomic mass is 35.5. The molecule has 1 heterocycles. The lowest BCUT2D eigenvalue weighted by Gasteiger charge is -2.07. The Morgan fingerprint density at radius 1 is 1.11 bits per heavy atom. The predicted molar refractivity (Wildman–Crippen MR) is 71.7 cm³/mol. The van der Waals surface area contributed by atoms with Crippen LogP contribution in [0.1, 0.15) is 10.4 Å². The summed E-state index contributed by atoms with van der Waals surface area (Å²) in [4.78, 5) is 15.0. The Morgan fingerprint density at radius 3 is 2.44 bits per heavy atom. The number of hydrogen-bond acceptors (Lipinski definition) is 2. The average molecular weight is 303 g/mol. The van der Waals surface area contributed by atoms with Crippen molar-refractivity contribution in [1.82, 2.24) is 4.98 Å². The molecule has 1 aromatic carbocycles. The molecular weight excluding hydrogens is 296 g/mol. The van der Waals surface area contributed by atoms with Crippen LogP contribution in [-0.4, -0.2) is 16.1 Å². The maximum atomic E-state index is 11.0. The molecule has 0 aliphatic rings. The van der Waals surface area contributed by atoms with E-state index in [2.05, 4.69) is 4.98 Å². The number of hydrogen-bond donors (Lipinski definition) is 1. The minimum atomic E-state index is -1.11. The summed E-state index contributed by atoms with van der Waals surface area (Å²) in [5, 5.41) is 9.81. The van der Waals surface area contributed by atoms with Crippen molar-refractivity contribution in [2.45, 2.75) is 0 Å². The third-order valence-electron chi connectivity index (χ3n) is 2.31. The molecule has 0 aliphatic heterocycles. The van der Waals surface area contributed by atoms with Crippen molar-refractivity contribution in [2.24, 2.45) is 0 Å². The summed E-state index contributed by atoms with van der Waals surface area (Å²) >= 11 is 17.7. The summed E-state index contributed by atoms with van der Waals surface area (Å²) in [7, 11) is 0. The topological polar surface area (TPSA) is 50.2 Å². The van der Waals surface area contributed by atoms with Crippen LogP contribution >= 0.6 is 34.8 Å². The number of carbonyl (C=O) groups is 1. The molecule has 1 aromatic heterocycles. The number of pyridine rings is 1. The molecule has 0 saturated heterocycles. The van der Waals surface area contributed by atoms with Crippen molar-refractivity contribution in [1.29, 1.82) is 0 Å². The molecule has 0 radical (unpaired) electrons. The zero-order valence-electron chi connectivity index (χ0n) is 8.82. The average Bonchev–Trinajstić information content (AvgIpc) is 2.33. The van der Waals surface area contributed by atoms with Crippen molar-refractivity contribution >= 4 is 40.8 Å². The van der Waals surface area contributed by atoms with Crippen LogP contribution in [0.3, 0.4) is 0 Å². The third-order valence-corrected chi connectivity index (χ3v) is 3.43. The number of carboxylic acids is 1. The molecule has 0 unspecified atom stereocenters. The molecular formula is C12H6Cl3NO2. The zero-order valence-corrected chi connectivity index (χ0v) is 11.1. The molecule has 0 spiro atoms. The molecule has 6 heteroatoms. The van der Waals surface area contributed by atoms with Gasteiger partial charge in [0.15, 0.2) is 0 Å². The molecule has 3 nitrogen and oxygen atoms in total. The van der Waals surface area contributed by atoms with E-state index in [0.717, 1.165) is 0 Å². The Morgan fingerprint density at radius 2 is 1.83 bits per heavy atom. The van der Waals surface area contributed by atoms with Gasteiger partial charge in [0.25, 0.3) is 0 Å². The van der Waals surface area contributed by atoms with E-state index >= 15 is 0 Å². The highest BCUT2D eigenvalue weighted by Crippen LogP contribution is 2.32. The summed E-state index contributed by atoms with van der Waals surface area (Å²) in [6.07, 6.45) is 1.38. The second-order valence-electron chi connectivity index (χ2n) is 3.46. The van der Waals surface area contributed by atoms with Crippen molar-refractivity contribution in [3.8, 4) is 11.3 Å². The third kappa shape index (κ3) is 2.43. The van der Waals surface area contributed by atoms with Gasteiger partial charge in [0.05, 0.1) is 26.3 Å². The van der Waals surface area contributed by atoms with Gasteiger partial charge in [-0.1, -0.05) is 40.9 Å². The number of halogens is 3. The Hall–Kier alpha value is -1.29. The highest BCUT2D eigenvalue weighted by Gasteiger charge is 2.15. The minimum Gasteiger partial charge on any atom is -0.478 e. The first-order valence-electron chi connectivity index (χ1n) is 4.84. The lowest BCUT2D eigenvalue weighted by atomic mass is 10.1. The number of nitrogens with zero attached hydrogens (tertiary/aromatic N) is 1. The van der Waals surface area contributed by atoms with Crippen LogP contribution in [0.4, 0.5) is 0 Å². The highest BCUT2D eigenvalue weighted by molar-refractivity contribution is 6.42. The first-order valence-corrected chi connectivity index (χ1v) is 5.97. The number of aromatic nitrogens is 1. The van der Waals surface area contributed by atoms with Crippen molar-refractivity contribution < 1.29 is 9.90 Å². The van der Waals surface area contributed by atoms with E-state index in [1.54, 1.807) is 18.2 Å². The Labute approximate surface area is 118 Å². The fourth-order valence-electron chi connectivity index (χ4n) is 1.45. The summed E-state index contributed by atoms with van der Waals surface area (Å²) in [5.74, 6) is -1.11. The monoisotopic (exact) mass is 301 g/mol. The van der Waals surface area contributed by atoms with Gasteiger partial charge in [-0.3, -0.25) is 4.98 Å². The van der Waals surface area contributed by atoms with Gasteiger partial charge in [-0.25, -0.2) is 4.79 Å². The lowest BCUT2D eigenvalue weighted by Crippen LogP contribution is -1.99. The van der Waals surface area contributed by atoms with E-state index in [4.69, 9.17) is 39.9 Å². The Balaban J connectivity index is 2.60. The SMILES string of the molecule is O=C(O)c1ccnc(-c2ccc(Cl)c(Cl)c2)c1Cl. The summed E-state index contributed by atoms with van der Waals surface area (Å²) < 4.78 is 0. The normalized spacial score (nSPS) is 10.4. The lowest BCUT2D eigenvalue weighted by molar-refractivity contribution is 0.0697. The standard InChI is InChI=1S/C12H6Cl3NO2/c13-8-2-1-6(5-9(8)14)11-10(15)7(12(17)18)3-4-16-11/h1-5H,(H,17,18). The zero-order chi connectivity index (χ0) is 13.3. The fraction of sp³-hybridized carbons (Fsp3) is 0. The van der Waals surface area contributed by atoms with Crippen LogP contribution in [0.5, 0.6) is 0 Å². The maximum absolute atomic E-state index is 11.0. The summed E-state index contributed by atoms with van der Waals surface area (Å²) in [6, 6.07) is 6.20. The van der Waals surface area contributed by atoms with Crippen molar-refractivity contribution in [3.63, 3.8) is 0 Å². The molecule has 2 aromatic rings. The molecule has 0 saturated carbocycles. The van der Waals surface area contributed by atoms with Crippen LogP contribution < -0.4 is 0 Å². The van der Waals surface area contributed by atoms with Gasteiger partial charge < -0.3 is 5.11 Å². The van der Waals surface area contributed by atoms with Crippen molar-refractivity contribution in [3.05, 3.63) is 51.1 Å². The molecule has 18 heavy (non-hydrogen) atoms. The van der Waals surface area contributed by atoms with Gasteiger partial charge in [0, 0.05) is 11.8 Å². The van der Waals surface area contributed by atoms with Crippen LogP contribution in [0.15, 0.2) is 30.5 Å². The van der Waals surface area contributed by atoms with Crippen LogP contribution in [-0.2, 0) is 0 Å². The number of aromatic carboxylic acids is 1. The molecule has 0 atom stereocenters. The number of benzene rings is 1. The Bertz CT molecular complexity index is 629. The fourth-order valence-corrected chi connectivity index (χ4v) is 2.05. The van der Waals surface area contributed by atoms with Crippen LogP contribution in [0, 0.1) is 0 Å². The summed E-state index contributed by atoms with van der Waals surface area (Å²) in [6.45, 7) is 0. The van der Waals surface area contributed by atoms with Gasteiger partial charge >= 0.3 is 5.97 Å². The van der Waals surface area contributed by atoms with E-state index in [1.165, 1.54) is 12.3 Å². The van der Waals surface area contributed by atoms with Crippen LogP contribution in [0.25, 0.3) is 11.3 Å². The van der Waals surface area contributed by atoms with E-state index in [9.17, 15) is 4.79 Å². The van der Waals surface area contributed by atoms with Crippen LogP contribution in [0.2, 0.25) is 15.1 Å². The van der Waals surface area contributed by atoms with Gasteiger partial charge in [0.2, 0.25) is 0 Å². The second kappa shape index (κ2) is 5.14. The maximum Gasteiger partial charge on any atom is 0.337 e. The molecule has 92 valence electrons. The van der Waals surface area contributed by atoms with E-state index < -0.39 is 5.97 Å². The molecule has 0 aliphatic carbocycles. The molecule has 0 fully saturated rings. The number of rotatable bonds is 2. The predicted octanol–water partition coefficient (Wildman–Crippen LogP) is 4.41. The first-order chi connectivity index (χ1) is 8.50. The Kier molecular flexibility index (Phi) is 3.76. The molecule has 1 N–H and O–H groups in total. The van der Waals surface area contributed by atoms with E-state index in [-0.39, 0.29) is 10.6 Å². The second-order valence-corrected chi connectivity index (χ2v) is 4.65. The van der Waals surface area contributed by atoms with E-state index in [1.807, 2.05) is 0 Å². The minimum absolute atomic E-state index is 0.00672. The van der Waals surface area contributed by atoms with Gasteiger partial charge in [-0.2, -0.15) is 0 Å². The summed E-state index contributed by atoms with van der Waals surface area (Å²) in [5.41, 5.74) is 0.959. The van der Waals surface area contributed by atoms with Gasteiger partial charge in [-0.15, -0.1) is 0 Å². The largest absolute Gasteiger partial charge is 0.478 e. The molecule has 2 rings (SSSR count). The van der Waals surface area contributed by atoms with Gasteiger partial charge in [-0.05, 0) is 18.2 Å². The molecule has 0 bridgehead atoms. The van der Waals surface area contributed by atoms with Crippen molar-refractivity contribution in [2.75, 3.05) is 0 Å². The first kappa shape index (κ1) is 13.1. The van der Waals surface area contributed by atoms with E-state index in [0.29, 0.717) is 21.3 Å². The number of carboxylic acid groups (broad SMARTS) is 1. The smallest absolute Gasteiger partial charge is 0.337 e. The quantitative estimate of drug-likeness (QED) is 0.894. The molecule has 0 amide bonds.